The molecule has 4 heteroatoms. The van der Waals surface area contributed by atoms with Crippen molar-refractivity contribution < 1.29 is 4.42 Å². The van der Waals surface area contributed by atoms with Crippen LogP contribution >= 0.6 is 15.9 Å². The first kappa shape index (κ1) is 19.3. The van der Waals surface area contributed by atoms with Gasteiger partial charge in [0.15, 0.2) is 5.58 Å². The number of hydrogen-bond acceptors (Lipinski definition) is 2. The topological polar surface area (TPSA) is 41.3 Å². The van der Waals surface area contributed by atoms with Crippen LogP contribution in [0.3, 0.4) is 0 Å². The molecule has 0 spiro atoms. The van der Waals surface area contributed by atoms with Crippen LogP contribution < -0.4 is 0 Å². The second kappa shape index (κ2) is 7.07. The number of benzene rings is 3. The van der Waals surface area contributed by atoms with E-state index >= 15 is 0 Å². The molecular formula is C28H21BrN2O. The number of H-pyrrole nitrogens is 1. The number of aliphatic imine (C=N–C) groups is 1. The van der Waals surface area contributed by atoms with Gasteiger partial charge in [0, 0.05) is 38.3 Å². The third-order valence-corrected chi connectivity index (χ3v) is 6.62. The fourth-order valence-corrected chi connectivity index (χ4v) is 5.23. The van der Waals surface area contributed by atoms with Crippen molar-refractivity contribution in [1.29, 1.82) is 0 Å². The summed E-state index contributed by atoms with van der Waals surface area (Å²) in [6.07, 6.45) is 2.11. The predicted octanol–water partition coefficient (Wildman–Crippen LogP) is 7.95. The van der Waals surface area contributed by atoms with E-state index in [9.17, 15) is 0 Å². The van der Waals surface area contributed by atoms with Gasteiger partial charge in [-0.25, -0.2) is 4.99 Å². The summed E-state index contributed by atoms with van der Waals surface area (Å²) in [5.41, 5.74) is 13.0. The average molecular weight is 481 g/mol. The van der Waals surface area contributed by atoms with E-state index in [4.69, 9.17) is 9.41 Å². The Balaban J connectivity index is 1.54. The first-order valence-corrected chi connectivity index (χ1v) is 11.5. The maximum atomic E-state index is 6.01. The minimum atomic E-state index is 0.863. The van der Waals surface area contributed by atoms with Gasteiger partial charge < -0.3 is 9.40 Å². The van der Waals surface area contributed by atoms with Gasteiger partial charge in [0.1, 0.15) is 5.58 Å². The number of hydrogen-bond donors (Lipinski definition) is 1. The molecule has 0 saturated carbocycles. The van der Waals surface area contributed by atoms with Crippen molar-refractivity contribution in [3.8, 4) is 0 Å². The number of aromatic nitrogens is 1. The standard InChI is InChI=1S/C28H21BrN2O/c1-15-10-16(2)26(17(3)11-15)28-22-12-18(29)8-9-20(22)23(31-28)13-19-14-25-27(30-19)21-6-4-5-7-24(21)32-25/h4-14,30H,1-3H3. The third kappa shape index (κ3) is 2.98. The van der Waals surface area contributed by atoms with Crippen molar-refractivity contribution in [3.63, 3.8) is 0 Å². The lowest BCUT2D eigenvalue weighted by atomic mass is 9.92. The fourth-order valence-electron chi connectivity index (χ4n) is 4.87. The maximum Gasteiger partial charge on any atom is 0.153 e. The van der Waals surface area contributed by atoms with Gasteiger partial charge in [0.05, 0.1) is 16.9 Å². The fraction of sp³-hybridized carbons (Fsp3) is 0.107. The van der Waals surface area contributed by atoms with Crippen LogP contribution in [0.1, 0.15) is 39.1 Å². The van der Waals surface area contributed by atoms with Crippen LogP contribution in [0, 0.1) is 20.8 Å². The molecule has 1 aliphatic rings. The van der Waals surface area contributed by atoms with Gasteiger partial charge in [-0.15, -0.1) is 0 Å². The van der Waals surface area contributed by atoms with Gasteiger partial charge in [-0.1, -0.05) is 51.8 Å². The SMILES string of the molecule is Cc1cc(C)c(C2=NC(=Cc3cc4oc5ccccc5c4[nH]3)c3ccc(Br)cc32)c(C)c1. The van der Waals surface area contributed by atoms with Crippen LogP contribution in [0.5, 0.6) is 0 Å². The second-order valence-corrected chi connectivity index (χ2v) is 9.43. The van der Waals surface area contributed by atoms with E-state index in [1.54, 1.807) is 0 Å². The molecule has 0 atom stereocenters. The highest BCUT2D eigenvalue weighted by Crippen LogP contribution is 2.37. The predicted molar refractivity (Wildman–Crippen MR) is 136 cm³/mol. The number of halogens is 1. The summed E-state index contributed by atoms with van der Waals surface area (Å²) in [7, 11) is 0. The molecular weight excluding hydrogens is 460 g/mol. The van der Waals surface area contributed by atoms with Gasteiger partial charge in [-0.05, 0) is 62.2 Å². The Kier molecular flexibility index (Phi) is 4.27. The van der Waals surface area contributed by atoms with E-state index in [0.29, 0.717) is 0 Å². The van der Waals surface area contributed by atoms with E-state index < -0.39 is 0 Å². The first-order chi connectivity index (χ1) is 15.5. The van der Waals surface area contributed by atoms with E-state index in [-0.39, 0.29) is 0 Å². The number of nitrogens with one attached hydrogen (secondary N) is 1. The van der Waals surface area contributed by atoms with Gasteiger partial charge in [0.25, 0.3) is 0 Å². The van der Waals surface area contributed by atoms with Crippen molar-refractivity contribution >= 4 is 55.5 Å². The molecule has 3 heterocycles. The monoisotopic (exact) mass is 480 g/mol. The molecule has 0 fully saturated rings. The summed E-state index contributed by atoms with van der Waals surface area (Å²) in [4.78, 5) is 8.66. The van der Waals surface area contributed by atoms with Gasteiger partial charge >= 0.3 is 0 Å². The highest BCUT2D eigenvalue weighted by molar-refractivity contribution is 9.10. The molecule has 0 bridgehead atoms. The zero-order valence-corrected chi connectivity index (χ0v) is 19.7. The lowest BCUT2D eigenvalue weighted by Crippen LogP contribution is -2.06. The van der Waals surface area contributed by atoms with Crippen LogP contribution in [0.25, 0.3) is 33.8 Å². The van der Waals surface area contributed by atoms with Crippen LogP contribution in [-0.4, -0.2) is 10.7 Å². The Morgan fingerprint density at radius 3 is 2.47 bits per heavy atom. The Labute approximate surface area is 194 Å². The maximum absolute atomic E-state index is 6.01. The molecule has 0 amide bonds. The average Bonchev–Trinajstić information content (AvgIpc) is 3.39. The molecule has 0 aliphatic carbocycles. The lowest BCUT2D eigenvalue weighted by Gasteiger charge is -2.12. The molecule has 0 saturated heterocycles. The second-order valence-electron chi connectivity index (χ2n) is 8.52. The normalized spacial score (nSPS) is 14.5. The van der Waals surface area contributed by atoms with Crippen molar-refractivity contribution in [3.05, 3.63) is 104 Å². The summed E-state index contributed by atoms with van der Waals surface area (Å²) < 4.78 is 7.07. The molecule has 3 aromatic carbocycles. The number of para-hydroxylation sites is 1. The molecule has 2 aromatic heterocycles. The first-order valence-electron chi connectivity index (χ1n) is 10.7. The van der Waals surface area contributed by atoms with E-state index in [0.717, 1.165) is 54.8 Å². The van der Waals surface area contributed by atoms with Crippen molar-refractivity contribution in [1.82, 2.24) is 4.98 Å². The minimum absolute atomic E-state index is 0.863. The summed E-state index contributed by atoms with van der Waals surface area (Å²) in [5.74, 6) is 0. The summed E-state index contributed by atoms with van der Waals surface area (Å²) in [5, 5.41) is 1.10. The molecule has 0 radical (unpaired) electrons. The van der Waals surface area contributed by atoms with Gasteiger partial charge in [-0.2, -0.15) is 0 Å². The minimum Gasteiger partial charge on any atom is -0.454 e. The van der Waals surface area contributed by atoms with Crippen molar-refractivity contribution in [2.24, 2.45) is 4.99 Å². The number of rotatable bonds is 2. The van der Waals surface area contributed by atoms with E-state index in [1.165, 1.54) is 22.3 Å². The highest BCUT2D eigenvalue weighted by Gasteiger charge is 2.24. The quantitative estimate of drug-likeness (QED) is 0.273. The third-order valence-electron chi connectivity index (χ3n) is 6.13. The van der Waals surface area contributed by atoms with Crippen LogP contribution in [0.15, 0.2) is 74.5 Å². The number of aromatic amines is 1. The lowest BCUT2D eigenvalue weighted by molar-refractivity contribution is 0.669. The van der Waals surface area contributed by atoms with Gasteiger partial charge in [-0.3, -0.25) is 0 Å². The van der Waals surface area contributed by atoms with Crippen molar-refractivity contribution in [2.45, 2.75) is 20.8 Å². The molecule has 32 heavy (non-hydrogen) atoms. The summed E-state index contributed by atoms with van der Waals surface area (Å²) in [6.45, 7) is 6.48. The van der Waals surface area contributed by atoms with Gasteiger partial charge in [0.2, 0.25) is 0 Å². The Hall–Kier alpha value is -3.37. The smallest absolute Gasteiger partial charge is 0.153 e. The number of fused-ring (bicyclic) bond motifs is 4. The molecule has 1 aliphatic heterocycles. The molecule has 6 rings (SSSR count). The zero-order valence-electron chi connectivity index (χ0n) is 18.1. The number of nitrogens with zero attached hydrogens (tertiary/aromatic N) is 1. The number of aryl methyl sites for hydroxylation is 3. The molecule has 5 aromatic rings. The van der Waals surface area contributed by atoms with Crippen LogP contribution in [-0.2, 0) is 0 Å². The molecule has 0 unspecified atom stereocenters. The van der Waals surface area contributed by atoms with Crippen molar-refractivity contribution in [2.75, 3.05) is 0 Å². The molecule has 1 N–H and O–H groups in total. The highest BCUT2D eigenvalue weighted by atomic mass is 79.9. The number of furan rings is 1. The van der Waals surface area contributed by atoms with E-state index in [2.05, 4.69) is 90.2 Å². The Morgan fingerprint density at radius 1 is 0.875 bits per heavy atom. The van der Waals surface area contributed by atoms with Crippen LogP contribution in [0.2, 0.25) is 0 Å². The summed E-state index contributed by atoms with van der Waals surface area (Å²) in [6, 6.07) is 21.0. The molecule has 3 nitrogen and oxygen atoms in total. The Morgan fingerprint density at radius 2 is 1.66 bits per heavy atom. The largest absolute Gasteiger partial charge is 0.454 e. The van der Waals surface area contributed by atoms with E-state index in [1.807, 2.05) is 18.2 Å². The Bertz CT molecular complexity index is 1590. The van der Waals surface area contributed by atoms with Crippen LogP contribution in [0.4, 0.5) is 0 Å². The molecule has 156 valence electrons. The summed E-state index contributed by atoms with van der Waals surface area (Å²) >= 11 is 3.65. The zero-order chi connectivity index (χ0) is 22.0.